The molecule has 0 aliphatic rings. The fourth-order valence-electron chi connectivity index (χ4n) is 0. The molecule has 0 unspecified atom stereocenters. The molecule has 0 aromatic carbocycles. The number of hydrogen-bond acceptors (Lipinski definition) is 4. The number of hydrogen-bond donors (Lipinski definition) is 2. The van der Waals surface area contributed by atoms with Gasteiger partial charge in [-0.2, -0.15) is 0 Å². The second-order valence-corrected chi connectivity index (χ2v) is 0.881. The summed E-state index contributed by atoms with van der Waals surface area (Å²) in [5.74, 6) is 0. The fraction of sp³-hybridized carbons (Fsp3) is 0. The Bertz CT molecular complexity index is 45.8. The predicted octanol–water partition coefficient (Wildman–Crippen LogP) is -10.8. The molecule has 12 heavy (non-hydrogen) atoms. The molecule has 0 fully saturated rings. The van der Waals surface area contributed by atoms with Crippen LogP contribution in [0.1, 0.15) is 0 Å². The molecule has 0 bridgehead atoms. The summed E-state index contributed by atoms with van der Waals surface area (Å²) in [6.07, 6.45) is 0. The molecule has 0 aromatic rings. The van der Waals surface area contributed by atoms with Crippen LogP contribution in [0.5, 0.6) is 0 Å². The van der Waals surface area contributed by atoms with Gasteiger partial charge in [-0.25, -0.2) is 0 Å². The van der Waals surface area contributed by atoms with Gasteiger partial charge in [0, 0.05) is 33.3 Å². The first-order valence-corrected chi connectivity index (χ1v) is 2.03. The molecular formula is H5CoLi3MnNiO6. The standard InChI is InChI=1S/Co.3Li.Mn.Ni.5H2O.O/h;;;;;;5*1H2;/q;3*+1;+2;;;;;;;/p-5. The van der Waals surface area contributed by atoms with E-state index in [0.717, 1.165) is 0 Å². The Morgan fingerprint density at radius 1 is 0.833 bits per heavy atom. The zero-order chi connectivity index (χ0) is 3.58. The van der Waals surface area contributed by atoms with Gasteiger partial charge in [0.25, 0.3) is 0 Å². The van der Waals surface area contributed by atoms with E-state index in [2.05, 4.69) is 0 Å². The second-order valence-electron chi connectivity index (χ2n) is 0.214. The molecule has 5 N–H and O–H groups in total. The molecule has 70 valence electrons. The van der Waals surface area contributed by atoms with Crippen LogP contribution in [-0.4, -0.2) is 24.8 Å². The van der Waals surface area contributed by atoms with Crippen LogP contribution in [0.2, 0.25) is 0 Å². The van der Waals surface area contributed by atoms with Crippen molar-refractivity contribution < 1.29 is 133 Å². The molecule has 0 aromatic heterocycles. The third-order valence-electron chi connectivity index (χ3n) is 0. The van der Waals surface area contributed by atoms with Crippen molar-refractivity contribution in [1.82, 2.24) is 0 Å². The van der Waals surface area contributed by atoms with Gasteiger partial charge < -0.3 is 16.4 Å². The van der Waals surface area contributed by atoms with Crippen LogP contribution < -0.4 is 56.6 Å². The van der Waals surface area contributed by atoms with E-state index in [0.29, 0.717) is 0 Å². The first-order chi connectivity index (χ1) is 1.73. The van der Waals surface area contributed by atoms with Crippen LogP contribution >= 0.6 is 0 Å². The van der Waals surface area contributed by atoms with Gasteiger partial charge >= 0.3 is 83.3 Å². The Kier molecular flexibility index (Phi) is 457. The topological polar surface area (TPSA) is 148 Å². The van der Waals surface area contributed by atoms with E-state index in [9.17, 15) is 0 Å². The van der Waals surface area contributed by atoms with Gasteiger partial charge in [0.15, 0.2) is 0 Å². The molecule has 0 saturated carbocycles. The Labute approximate surface area is 131 Å². The number of rotatable bonds is 0. The minimum atomic E-state index is -3.15. The van der Waals surface area contributed by atoms with Crippen molar-refractivity contribution in [3.05, 3.63) is 0 Å². The fourth-order valence-corrected chi connectivity index (χ4v) is 0. The molecule has 0 aliphatic heterocycles. The molecule has 0 atom stereocenters. The van der Waals surface area contributed by atoms with Crippen LogP contribution in [0, 0.1) is 0 Å². The summed E-state index contributed by atoms with van der Waals surface area (Å²) < 4.78 is 23.1. The second kappa shape index (κ2) is 66.4. The molecule has 0 spiro atoms. The maximum atomic E-state index is 8.74. The van der Waals surface area contributed by atoms with Crippen LogP contribution in [0.4, 0.5) is 0 Å². The summed E-state index contributed by atoms with van der Waals surface area (Å²) in [7, 11) is 0. The SMILES string of the molecule is [Co].[Li+].[Li+].[Li+].[Ni].[OH-].[OH-].[OH-].[O]=[Mn]([OH])[OH]. The van der Waals surface area contributed by atoms with E-state index >= 15 is 0 Å². The van der Waals surface area contributed by atoms with Crippen molar-refractivity contribution in [1.29, 1.82) is 0 Å². The molecule has 0 aliphatic carbocycles. The van der Waals surface area contributed by atoms with Gasteiger partial charge in [0.2, 0.25) is 0 Å². The Balaban J connectivity index is -0.00000000161. The average molecular weight is 294 g/mol. The minimum absolute atomic E-state index is 0. The summed E-state index contributed by atoms with van der Waals surface area (Å²) >= 11 is -3.15. The zero-order valence-corrected chi connectivity index (χ0v) is 9.88. The molecule has 0 rings (SSSR count). The van der Waals surface area contributed by atoms with Crippen LogP contribution in [0.3, 0.4) is 0 Å². The van der Waals surface area contributed by atoms with Crippen molar-refractivity contribution in [2.75, 3.05) is 0 Å². The molecule has 6 nitrogen and oxygen atoms in total. The predicted molar refractivity (Wildman–Crippen MR) is 10.9 cm³/mol. The van der Waals surface area contributed by atoms with Gasteiger partial charge in [0.1, 0.15) is 0 Å². The van der Waals surface area contributed by atoms with Gasteiger partial charge in [-0.3, -0.25) is 0 Å². The molecule has 12 heteroatoms. The third-order valence-corrected chi connectivity index (χ3v) is 0. The summed E-state index contributed by atoms with van der Waals surface area (Å²) in [6.45, 7) is 0. The van der Waals surface area contributed by atoms with Gasteiger partial charge in [-0.15, -0.1) is 0 Å². The maximum absolute atomic E-state index is 8.74. The van der Waals surface area contributed by atoms with Crippen molar-refractivity contribution in [3.63, 3.8) is 0 Å². The molecule has 1 radical (unpaired) electrons. The van der Waals surface area contributed by atoms with E-state index in [1.165, 1.54) is 0 Å². The Morgan fingerprint density at radius 3 is 0.833 bits per heavy atom. The monoisotopic (exact) mass is 294 g/mol. The van der Waals surface area contributed by atoms with E-state index in [1.807, 2.05) is 0 Å². The van der Waals surface area contributed by atoms with Crippen molar-refractivity contribution >= 4 is 0 Å². The normalized spacial score (nSPS) is 2.92. The van der Waals surface area contributed by atoms with Crippen molar-refractivity contribution in [2.24, 2.45) is 0 Å². The summed E-state index contributed by atoms with van der Waals surface area (Å²) in [5.41, 5.74) is 0. The van der Waals surface area contributed by atoms with Crippen LogP contribution in [0.15, 0.2) is 0 Å². The van der Waals surface area contributed by atoms with Gasteiger partial charge in [-0.1, -0.05) is 0 Å². The van der Waals surface area contributed by atoms with Gasteiger partial charge in [-0.05, 0) is 0 Å². The van der Waals surface area contributed by atoms with E-state index in [4.69, 9.17) is 12.2 Å². The van der Waals surface area contributed by atoms with Crippen molar-refractivity contribution in [2.45, 2.75) is 0 Å². The first kappa shape index (κ1) is 82.6. The van der Waals surface area contributed by atoms with Crippen LogP contribution in [-0.2, 0) is 51.6 Å². The Morgan fingerprint density at radius 2 is 0.833 bits per heavy atom. The molecular weight excluding hydrogens is 289 g/mol. The molecule has 0 amide bonds. The molecule has 0 heterocycles. The Hall–Kier alpha value is 2.91. The van der Waals surface area contributed by atoms with E-state index in [1.54, 1.807) is 0 Å². The first-order valence-electron chi connectivity index (χ1n) is 0.492. The van der Waals surface area contributed by atoms with E-state index < -0.39 is 14.5 Å². The van der Waals surface area contributed by atoms with Crippen molar-refractivity contribution in [3.8, 4) is 0 Å². The molecule has 0 saturated heterocycles. The summed E-state index contributed by atoms with van der Waals surface area (Å²) in [6, 6.07) is 0. The summed E-state index contributed by atoms with van der Waals surface area (Å²) in [4.78, 5) is 0. The third kappa shape index (κ3) is 216. The zero-order valence-electron chi connectivity index (χ0n) is 6.67. The van der Waals surface area contributed by atoms with E-state index in [-0.39, 0.29) is 106 Å². The quantitative estimate of drug-likeness (QED) is 0.424. The van der Waals surface area contributed by atoms with Gasteiger partial charge in [0.05, 0.1) is 0 Å². The van der Waals surface area contributed by atoms with Crippen LogP contribution in [0.25, 0.3) is 0 Å². The average Bonchev–Trinajstić information content (AvgIpc) is 0.811. The summed E-state index contributed by atoms with van der Waals surface area (Å²) in [5, 5.41) is 0.